The monoisotopic (exact) mass is 431 g/mol. The first-order chi connectivity index (χ1) is 8.58. The molecule has 2 aromatic rings. The highest BCUT2D eigenvalue weighted by Gasteiger charge is 2.13. The molecule has 0 aliphatic carbocycles. The molecule has 0 saturated carbocycles. The lowest BCUT2D eigenvalue weighted by atomic mass is 10.2. The van der Waals surface area contributed by atoms with Gasteiger partial charge in [-0.1, -0.05) is 15.9 Å². The zero-order chi connectivity index (χ0) is 13.1. The summed E-state index contributed by atoms with van der Waals surface area (Å²) in [4.78, 5) is 11.9. The van der Waals surface area contributed by atoms with Crippen molar-refractivity contribution in [3.05, 3.63) is 61.4 Å². The summed E-state index contributed by atoms with van der Waals surface area (Å²) in [5.41, 5.74) is 0.491. The Bertz CT molecular complexity index is 559. The maximum Gasteiger partial charge on any atom is 0.343 e. The number of halogens is 3. The minimum Gasteiger partial charge on any atom is -0.421 e. The van der Waals surface area contributed by atoms with Gasteiger partial charge in [-0.3, -0.25) is 0 Å². The molecule has 0 aliphatic heterocycles. The van der Waals surface area contributed by atoms with Crippen molar-refractivity contribution in [3.8, 4) is 5.75 Å². The average Bonchev–Trinajstić information content (AvgIpc) is 2.34. The molecule has 0 aliphatic rings. The van der Waals surface area contributed by atoms with Gasteiger partial charge in [-0.25, -0.2) is 4.79 Å². The van der Waals surface area contributed by atoms with Crippen LogP contribution in [0, 0.1) is 6.07 Å². The SMILES string of the molecule is O=C(Oc1c(Br)c[c]cc1Br)c1ccc(Br)cc1. The van der Waals surface area contributed by atoms with Gasteiger partial charge in [0.2, 0.25) is 0 Å². The maximum atomic E-state index is 11.9. The average molecular weight is 434 g/mol. The minimum absolute atomic E-state index is 0.407. The van der Waals surface area contributed by atoms with Crippen LogP contribution < -0.4 is 4.74 Å². The number of benzene rings is 2. The molecule has 0 spiro atoms. The van der Waals surface area contributed by atoms with E-state index in [2.05, 4.69) is 53.9 Å². The van der Waals surface area contributed by atoms with Gasteiger partial charge >= 0.3 is 5.97 Å². The third-order valence-electron chi connectivity index (χ3n) is 2.13. The van der Waals surface area contributed by atoms with Crippen LogP contribution in [0.4, 0.5) is 0 Å². The number of esters is 1. The van der Waals surface area contributed by atoms with E-state index >= 15 is 0 Å². The highest BCUT2D eigenvalue weighted by Crippen LogP contribution is 2.33. The van der Waals surface area contributed by atoms with Crippen LogP contribution in [0.3, 0.4) is 0 Å². The van der Waals surface area contributed by atoms with Crippen LogP contribution in [0.5, 0.6) is 5.75 Å². The van der Waals surface area contributed by atoms with Crippen LogP contribution in [-0.4, -0.2) is 5.97 Å². The number of hydrogen-bond donors (Lipinski definition) is 0. The Morgan fingerprint density at radius 2 is 1.56 bits per heavy atom. The van der Waals surface area contributed by atoms with Gasteiger partial charge < -0.3 is 4.74 Å². The summed E-state index contributed by atoms with van der Waals surface area (Å²) in [7, 11) is 0. The Balaban J connectivity index is 2.24. The summed E-state index contributed by atoms with van der Waals surface area (Å²) in [6.45, 7) is 0. The summed E-state index contributed by atoms with van der Waals surface area (Å²) in [6.07, 6.45) is 0. The van der Waals surface area contributed by atoms with E-state index in [1.54, 1.807) is 36.4 Å². The Morgan fingerprint density at radius 3 is 2.11 bits per heavy atom. The van der Waals surface area contributed by atoms with Crippen molar-refractivity contribution in [1.82, 2.24) is 0 Å². The van der Waals surface area contributed by atoms with Gasteiger partial charge in [0.15, 0.2) is 5.75 Å². The summed E-state index contributed by atoms with van der Waals surface area (Å²) in [6, 6.07) is 13.3. The summed E-state index contributed by atoms with van der Waals surface area (Å²) in [5, 5.41) is 0. The van der Waals surface area contributed by atoms with Crippen molar-refractivity contribution in [1.29, 1.82) is 0 Å². The third kappa shape index (κ3) is 3.22. The molecule has 0 atom stereocenters. The normalized spacial score (nSPS) is 10.2. The second-order valence-corrected chi connectivity index (χ2v) is 6.00. The molecule has 2 nitrogen and oxygen atoms in total. The van der Waals surface area contributed by atoms with Gasteiger partial charge in [-0.05, 0) is 74.3 Å². The van der Waals surface area contributed by atoms with Gasteiger partial charge in [0.05, 0.1) is 14.5 Å². The Kier molecular flexibility index (Phi) is 4.59. The standard InChI is InChI=1S/C13H6Br3O2/c14-9-6-4-8(5-7-9)13(17)18-12-10(15)2-1-3-11(12)16/h2-7H. The quantitative estimate of drug-likeness (QED) is 0.492. The van der Waals surface area contributed by atoms with Gasteiger partial charge in [0.1, 0.15) is 0 Å². The van der Waals surface area contributed by atoms with Gasteiger partial charge in [-0.2, -0.15) is 0 Å². The van der Waals surface area contributed by atoms with Gasteiger partial charge in [0, 0.05) is 4.47 Å². The fraction of sp³-hybridized carbons (Fsp3) is 0. The third-order valence-corrected chi connectivity index (χ3v) is 3.84. The highest BCUT2D eigenvalue weighted by atomic mass is 79.9. The molecule has 2 rings (SSSR count). The van der Waals surface area contributed by atoms with Crippen molar-refractivity contribution in [3.63, 3.8) is 0 Å². The van der Waals surface area contributed by atoms with E-state index in [-0.39, 0.29) is 0 Å². The molecule has 0 aromatic heterocycles. The van der Waals surface area contributed by atoms with Crippen LogP contribution >= 0.6 is 47.8 Å². The summed E-state index contributed by atoms with van der Waals surface area (Å²) < 4.78 is 7.58. The van der Waals surface area contributed by atoms with Crippen molar-refractivity contribution >= 4 is 53.8 Å². The lowest BCUT2D eigenvalue weighted by Gasteiger charge is -2.08. The van der Waals surface area contributed by atoms with Crippen LogP contribution in [0.1, 0.15) is 10.4 Å². The maximum absolute atomic E-state index is 11.9. The molecule has 91 valence electrons. The van der Waals surface area contributed by atoms with E-state index in [0.29, 0.717) is 20.3 Å². The van der Waals surface area contributed by atoms with E-state index in [1.165, 1.54) is 0 Å². The summed E-state index contributed by atoms with van der Waals surface area (Å²) >= 11 is 9.94. The fourth-order valence-corrected chi connectivity index (χ4v) is 2.65. The Morgan fingerprint density at radius 1 is 1.00 bits per heavy atom. The highest BCUT2D eigenvalue weighted by molar-refractivity contribution is 9.11. The molecule has 0 unspecified atom stereocenters. The second kappa shape index (κ2) is 5.99. The smallest absolute Gasteiger partial charge is 0.343 e. The molecule has 2 aromatic carbocycles. The number of carbonyl (C=O) groups is 1. The molecule has 0 fully saturated rings. The minimum atomic E-state index is -0.407. The van der Waals surface area contributed by atoms with Crippen LogP contribution in [0.25, 0.3) is 0 Å². The van der Waals surface area contributed by atoms with E-state index in [4.69, 9.17) is 4.74 Å². The molecule has 18 heavy (non-hydrogen) atoms. The Labute approximate surface area is 130 Å². The van der Waals surface area contributed by atoms with Crippen molar-refractivity contribution < 1.29 is 9.53 Å². The van der Waals surface area contributed by atoms with Crippen LogP contribution in [0.2, 0.25) is 0 Å². The van der Waals surface area contributed by atoms with E-state index < -0.39 is 5.97 Å². The number of hydrogen-bond acceptors (Lipinski definition) is 2. The number of carbonyl (C=O) groups excluding carboxylic acids is 1. The first-order valence-electron chi connectivity index (χ1n) is 4.91. The zero-order valence-corrected chi connectivity index (χ0v) is 13.7. The molecule has 5 heteroatoms. The van der Waals surface area contributed by atoms with E-state index in [0.717, 1.165) is 4.47 Å². The predicted octanol–water partition coefficient (Wildman–Crippen LogP) is 4.99. The number of rotatable bonds is 2. The molecule has 0 N–H and O–H groups in total. The topological polar surface area (TPSA) is 26.3 Å². The van der Waals surface area contributed by atoms with Crippen molar-refractivity contribution in [2.24, 2.45) is 0 Å². The predicted molar refractivity (Wildman–Crippen MR) is 79.8 cm³/mol. The van der Waals surface area contributed by atoms with Crippen molar-refractivity contribution in [2.75, 3.05) is 0 Å². The molecular weight excluding hydrogens is 428 g/mol. The fourth-order valence-electron chi connectivity index (χ4n) is 1.27. The first kappa shape index (κ1) is 13.8. The van der Waals surface area contributed by atoms with E-state index in [9.17, 15) is 4.79 Å². The molecular formula is C13H6Br3O2. The zero-order valence-electron chi connectivity index (χ0n) is 8.91. The number of ether oxygens (including phenoxy) is 1. The van der Waals surface area contributed by atoms with Gasteiger partial charge in [-0.15, -0.1) is 0 Å². The van der Waals surface area contributed by atoms with Crippen LogP contribution in [0.15, 0.2) is 49.8 Å². The van der Waals surface area contributed by atoms with E-state index in [1.807, 2.05) is 0 Å². The molecule has 0 amide bonds. The largest absolute Gasteiger partial charge is 0.421 e. The molecule has 1 radical (unpaired) electrons. The molecule has 0 saturated heterocycles. The lowest BCUT2D eigenvalue weighted by Crippen LogP contribution is -2.09. The van der Waals surface area contributed by atoms with Crippen molar-refractivity contribution in [2.45, 2.75) is 0 Å². The lowest BCUT2D eigenvalue weighted by molar-refractivity contribution is 0.0732. The molecule has 0 bridgehead atoms. The first-order valence-corrected chi connectivity index (χ1v) is 7.28. The summed E-state index contributed by atoms with van der Waals surface area (Å²) in [5.74, 6) is 0.0387. The molecule has 0 heterocycles. The Hall–Kier alpha value is -0.650. The van der Waals surface area contributed by atoms with Gasteiger partial charge in [0.25, 0.3) is 0 Å². The van der Waals surface area contributed by atoms with Crippen LogP contribution in [-0.2, 0) is 0 Å². The second-order valence-electron chi connectivity index (χ2n) is 3.38.